The molecule has 0 spiro atoms. The standard InChI is InChI=1S/C21H20FN5O/c1-14-15(2)26-21-24-13-25-27(21)20(14)23-11-16-7-9-18(10-8-16)28-12-17-5-3-4-6-19(17)22/h3-10,13,23H,11-12H2,1-2H3. The lowest BCUT2D eigenvalue weighted by Gasteiger charge is -2.13. The minimum atomic E-state index is -0.259. The molecule has 6 nitrogen and oxygen atoms in total. The molecule has 0 saturated carbocycles. The van der Waals surface area contributed by atoms with Crippen molar-refractivity contribution < 1.29 is 9.13 Å². The molecule has 0 amide bonds. The van der Waals surface area contributed by atoms with Gasteiger partial charge in [0.2, 0.25) is 0 Å². The van der Waals surface area contributed by atoms with Gasteiger partial charge in [-0.2, -0.15) is 14.6 Å². The average Bonchev–Trinajstić information content (AvgIpc) is 3.16. The predicted molar refractivity (Wildman–Crippen MR) is 105 cm³/mol. The zero-order valence-electron chi connectivity index (χ0n) is 15.7. The highest BCUT2D eigenvalue weighted by atomic mass is 19.1. The molecule has 0 saturated heterocycles. The molecule has 7 heteroatoms. The van der Waals surface area contributed by atoms with Gasteiger partial charge in [0.25, 0.3) is 5.78 Å². The molecule has 0 aliphatic carbocycles. The molecule has 28 heavy (non-hydrogen) atoms. The Hall–Kier alpha value is -3.48. The third-order valence-corrected chi connectivity index (χ3v) is 4.64. The van der Waals surface area contributed by atoms with Crippen LogP contribution in [-0.4, -0.2) is 19.6 Å². The molecular formula is C21H20FN5O. The second-order valence-electron chi connectivity index (χ2n) is 6.52. The number of aryl methyl sites for hydroxylation is 1. The molecule has 2 heterocycles. The SMILES string of the molecule is Cc1nc2ncnn2c(NCc2ccc(OCc3ccccc3F)cc2)c1C. The van der Waals surface area contributed by atoms with E-state index in [1.165, 1.54) is 12.4 Å². The van der Waals surface area contributed by atoms with Gasteiger partial charge in [-0.1, -0.05) is 30.3 Å². The highest BCUT2D eigenvalue weighted by Crippen LogP contribution is 2.20. The van der Waals surface area contributed by atoms with Gasteiger partial charge in [0.15, 0.2) is 0 Å². The van der Waals surface area contributed by atoms with E-state index in [1.807, 2.05) is 38.1 Å². The molecule has 0 fully saturated rings. The Labute approximate surface area is 162 Å². The van der Waals surface area contributed by atoms with Crippen LogP contribution in [-0.2, 0) is 13.2 Å². The fraction of sp³-hybridized carbons (Fsp3) is 0.190. The summed E-state index contributed by atoms with van der Waals surface area (Å²) in [7, 11) is 0. The quantitative estimate of drug-likeness (QED) is 0.549. The van der Waals surface area contributed by atoms with E-state index >= 15 is 0 Å². The Bertz CT molecular complexity index is 1110. The van der Waals surface area contributed by atoms with E-state index in [4.69, 9.17) is 4.74 Å². The highest BCUT2D eigenvalue weighted by Gasteiger charge is 2.10. The zero-order valence-corrected chi connectivity index (χ0v) is 15.7. The summed E-state index contributed by atoms with van der Waals surface area (Å²) in [4.78, 5) is 8.58. The van der Waals surface area contributed by atoms with Crippen LogP contribution < -0.4 is 10.1 Å². The van der Waals surface area contributed by atoms with Crippen molar-refractivity contribution in [3.05, 3.63) is 83.1 Å². The lowest BCUT2D eigenvalue weighted by Crippen LogP contribution is -2.09. The highest BCUT2D eigenvalue weighted by molar-refractivity contribution is 5.52. The van der Waals surface area contributed by atoms with Crippen LogP contribution in [0.3, 0.4) is 0 Å². The molecule has 0 aliphatic rings. The second-order valence-corrected chi connectivity index (χ2v) is 6.52. The fourth-order valence-corrected chi connectivity index (χ4v) is 2.91. The van der Waals surface area contributed by atoms with Gasteiger partial charge in [-0.15, -0.1) is 0 Å². The molecule has 1 N–H and O–H groups in total. The third-order valence-electron chi connectivity index (χ3n) is 4.64. The minimum absolute atomic E-state index is 0.198. The summed E-state index contributed by atoms with van der Waals surface area (Å²) in [6, 6.07) is 14.3. The van der Waals surface area contributed by atoms with E-state index < -0.39 is 0 Å². The van der Waals surface area contributed by atoms with Gasteiger partial charge in [-0.3, -0.25) is 0 Å². The van der Waals surface area contributed by atoms with Crippen molar-refractivity contribution in [2.75, 3.05) is 5.32 Å². The number of nitrogens with zero attached hydrogens (tertiary/aromatic N) is 4. The zero-order chi connectivity index (χ0) is 19.5. The molecule has 142 valence electrons. The van der Waals surface area contributed by atoms with Crippen molar-refractivity contribution in [2.24, 2.45) is 0 Å². The van der Waals surface area contributed by atoms with Crippen LogP contribution in [0.2, 0.25) is 0 Å². The maximum absolute atomic E-state index is 13.7. The topological polar surface area (TPSA) is 64.3 Å². The molecule has 0 atom stereocenters. The Morgan fingerprint density at radius 3 is 2.64 bits per heavy atom. The summed E-state index contributed by atoms with van der Waals surface area (Å²) in [5.74, 6) is 1.88. The van der Waals surface area contributed by atoms with Crippen molar-refractivity contribution in [3.8, 4) is 5.75 Å². The summed E-state index contributed by atoms with van der Waals surface area (Å²) in [6.07, 6.45) is 1.49. The summed E-state index contributed by atoms with van der Waals surface area (Å²) >= 11 is 0. The normalized spacial score (nSPS) is 11.0. The summed E-state index contributed by atoms with van der Waals surface area (Å²) in [6.45, 7) is 4.78. The fourth-order valence-electron chi connectivity index (χ4n) is 2.91. The molecule has 2 aromatic heterocycles. The van der Waals surface area contributed by atoms with Crippen LogP contribution in [0.1, 0.15) is 22.4 Å². The van der Waals surface area contributed by atoms with Crippen LogP contribution in [0.15, 0.2) is 54.9 Å². The van der Waals surface area contributed by atoms with E-state index in [2.05, 4.69) is 20.4 Å². The smallest absolute Gasteiger partial charge is 0.254 e. The van der Waals surface area contributed by atoms with Crippen molar-refractivity contribution >= 4 is 11.6 Å². The van der Waals surface area contributed by atoms with E-state index in [-0.39, 0.29) is 12.4 Å². The minimum Gasteiger partial charge on any atom is -0.489 e. The van der Waals surface area contributed by atoms with E-state index in [1.54, 1.807) is 22.7 Å². The Balaban J connectivity index is 1.42. The maximum atomic E-state index is 13.7. The largest absolute Gasteiger partial charge is 0.489 e. The number of aromatic nitrogens is 4. The van der Waals surface area contributed by atoms with Gasteiger partial charge >= 0.3 is 0 Å². The van der Waals surface area contributed by atoms with E-state index in [9.17, 15) is 4.39 Å². The molecule has 4 rings (SSSR count). The van der Waals surface area contributed by atoms with Crippen LogP contribution in [0.25, 0.3) is 5.78 Å². The molecule has 0 radical (unpaired) electrons. The van der Waals surface area contributed by atoms with Gasteiger partial charge < -0.3 is 10.1 Å². The van der Waals surface area contributed by atoms with Crippen LogP contribution >= 0.6 is 0 Å². The van der Waals surface area contributed by atoms with Crippen LogP contribution in [0.4, 0.5) is 10.2 Å². The number of halogens is 1. The number of anilines is 1. The molecule has 0 aliphatic heterocycles. The number of ether oxygens (including phenoxy) is 1. The van der Waals surface area contributed by atoms with Gasteiger partial charge in [0, 0.05) is 23.4 Å². The Morgan fingerprint density at radius 1 is 1.07 bits per heavy atom. The third kappa shape index (κ3) is 3.64. The summed E-state index contributed by atoms with van der Waals surface area (Å²) in [5.41, 5.74) is 3.57. The maximum Gasteiger partial charge on any atom is 0.254 e. The van der Waals surface area contributed by atoms with Crippen molar-refractivity contribution in [1.82, 2.24) is 19.6 Å². The second kappa shape index (κ2) is 7.64. The average molecular weight is 377 g/mol. The first-order chi connectivity index (χ1) is 13.6. The Morgan fingerprint density at radius 2 is 1.86 bits per heavy atom. The first-order valence-corrected chi connectivity index (χ1v) is 8.98. The molecule has 0 unspecified atom stereocenters. The van der Waals surface area contributed by atoms with E-state index in [0.717, 1.165) is 22.6 Å². The first-order valence-electron chi connectivity index (χ1n) is 8.98. The number of nitrogens with one attached hydrogen (secondary N) is 1. The molecule has 4 aromatic rings. The van der Waals surface area contributed by atoms with Gasteiger partial charge in [0.05, 0.1) is 0 Å². The lowest BCUT2D eigenvalue weighted by molar-refractivity contribution is 0.300. The monoisotopic (exact) mass is 377 g/mol. The number of hydrogen-bond donors (Lipinski definition) is 1. The lowest BCUT2D eigenvalue weighted by atomic mass is 10.2. The number of rotatable bonds is 6. The molecule has 0 bridgehead atoms. The molecular weight excluding hydrogens is 357 g/mol. The van der Waals surface area contributed by atoms with Crippen LogP contribution in [0, 0.1) is 19.7 Å². The van der Waals surface area contributed by atoms with Crippen LogP contribution in [0.5, 0.6) is 5.75 Å². The van der Waals surface area contributed by atoms with E-state index in [0.29, 0.717) is 23.6 Å². The van der Waals surface area contributed by atoms with Crippen molar-refractivity contribution in [3.63, 3.8) is 0 Å². The summed E-state index contributed by atoms with van der Waals surface area (Å²) in [5, 5.41) is 7.65. The number of benzene rings is 2. The first kappa shape index (κ1) is 17.9. The summed E-state index contributed by atoms with van der Waals surface area (Å²) < 4.78 is 21.0. The number of fused-ring (bicyclic) bond motifs is 1. The van der Waals surface area contributed by atoms with Gasteiger partial charge in [-0.25, -0.2) is 9.37 Å². The Kier molecular flexibility index (Phi) is 4.89. The molecule has 2 aromatic carbocycles. The number of hydrogen-bond acceptors (Lipinski definition) is 5. The van der Waals surface area contributed by atoms with Gasteiger partial charge in [-0.05, 0) is 37.6 Å². The van der Waals surface area contributed by atoms with Gasteiger partial charge in [0.1, 0.15) is 30.3 Å². The predicted octanol–water partition coefficient (Wildman–Crippen LogP) is 4.07. The van der Waals surface area contributed by atoms with Crippen molar-refractivity contribution in [1.29, 1.82) is 0 Å². The van der Waals surface area contributed by atoms with Crippen molar-refractivity contribution in [2.45, 2.75) is 27.0 Å².